The lowest BCUT2D eigenvalue weighted by atomic mass is 9.89. The Morgan fingerprint density at radius 3 is 2.80 bits per heavy atom. The third kappa shape index (κ3) is 1.74. The molecule has 1 amide bonds. The van der Waals surface area contributed by atoms with Gasteiger partial charge in [-0.15, -0.1) is 0 Å². The Hall–Kier alpha value is -1.36. The molecule has 1 N–H and O–H groups in total. The van der Waals surface area contributed by atoms with Crippen molar-refractivity contribution in [3.8, 4) is 0 Å². The first-order valence-electron chi connectivity index (χ1n) is 5.03. The summed E-state index contributed by atoms with van der Waals surface area (Å²) in [6, 6.07) is 1.89. The summed E-state index contributed by atoms with van der Waals surface area (Å²) in [6.45, 7) is 0. The maximum absolute atomic E-state index is 11.8. The highest BCUT2D eigenvalue weighted by Crippen LogP contribution is 2.32. The first-order valence-corrected chi connectivity index (χ1v) is 5.03. The van der Waals surface area contributed by atoms with E-state index in [9.17, 15) is 9.90 Å². The third-order valence-electron chi connectivity index (χ3n) is 2.73. The van der Waals surface area contributed by atoms with Crippen molar-refractivity contribution in [2.75, 3.05) is 14.1 Å². The monoisotopic (exact) mass is 209 g/mol. The minimum absolute atomic E-state index is 0.0473. The second kappa shape index (κ2) is 3.66. The Labute approximate surface area is 88.3 Å². The van der Waals surface area contributed by atoms with Gasteiger partial charge in [-0.05, 0) is 18.9 Å². The molecule has 82 valence electrons. The summed E-state index contributed by atoms with van der Waals surface area (Å²) in [5.74, 6) is -0.0473. The summed E-state index contributed by atoms with van der Waals surface area (Å²) < 4.78 is 1.72. The summed E-state index contributed by atoms with van der Waals surface area (Å²) in [7, 11) is 3.44. The van der Waals surface area contributed by atoms with Crippen LogP contribution in [0, 0.1) is 0 Å². The van der Waals surface area contributed by atoms with Crippen LogP contribution in [0.15, 0.2) is 12.3 Å². The fourth-order valence-electron chi connectivity index (χ4n) is 1.76. The molecular formula is C10H15N3O2. The summed E-state index contributed by atoms with van der Waals surface area (Å²) >= 11 is 0. The number of carbonyl (C=O) groups excluding carboxylic acids is 1. The lowest BCUT2D eigenvalue weighted by Crippen LogP contribution is -2.34. The lowest BCUT2D eigenvalue weighted by Gasteiger charge is -2.32. The highest BCUT2D eigenvalue weighted by molar-refractivity contribution is 5.92. The van der Waals surface area contributed by atoms with Crippen molar-refractivity contribution in [1.82, 2.24) is 14.7 Å². The molecule has 1 heterocycles. The SMILES string of the molecule is CN(C)C(=O)c1ccnn1[C@H]1C[C@H](O)C1. The van der Waals surface area contributed by atoms with E-state index in [-0.39, 0.29) is 18.1 Å². The van der Waals surface area contributed by atoms with Crippen LogP contribution in [0.5, 0.6) is 0 Å². The summed E-state index contributed by atoms with van der Waals surface area (Å²) in [4.78, 5) is 13.3. The fourth-order valence-corrected chi connectivity index (χ4v) is 1.76. The minimum atomic E-state index is -0.235. The molecule has 1 saturated carbocycles. The van der Waals surface area contributed by atoms with Gasteiger partial charge in [0.2, 0.25) is 0 Å². The Morgan fingerprint density at radius 1 is 1.60 bits per heavy atom. The number of carbonyl (C=O) groups is 1. The number of aromatic nitrogens is 2. The quantitative estimate of drug-likeness (QED) is 0.761. The largest absolute Gasteiger partial charge is 0.393 e. The highest BCUT2D eigenvalue weighted by atomic mass is 16.3. The van der Waals surface area contributed by atoms with E-state index in [0.717, 1.165) is 0 Å². The van der Waals surface area contributed by atoms with E-state index in [0.29, 0.717) is 18.5 Å². The van der Waals surface area contributed by atoms with Crippen LogP contribution in [-0.2, 0) is 0 Å². The van der Waals surface area contributed by atoms with Gasteiger partial charge in [0.1, 0.15) is 5.69 Å². The normalized spacial score (nSPS) is 24.7. The first kappa shape index (κ1) is 10.2. The molecule has 1 aliphatic rings. The van der Waals surface area contributed by atoms with E-state index in [1.807, 2.05) is 0 Å². The van der Waals surface area contributed by atoms with Crippen LogP contribution in [0.1, 0.15) is 29.4 Å². The van der Waals surface area contributed by atoms with Crippen LogP contribution < -0.4 is 0 Å². The fraction of sp³-hybridized carbons (Fsp3) is 0.600. The summed E-state index contributed by atoms with van der Waals surface area (Å²) in [6.07, 6.45) is 2.77. The molecule has 0 bridgehead atoms. The number of hydrogen-bond acceptors (Lipinski definition) is 3. The molecule has 0 unspecified atom stereocenters. The van der Waals surface area contributed by atoms with Crippen LogP contribution in [0.3, 0.4) is 0 Å². The van der Waals surface area contributed by atoms with Gasteiger partial charge in [-0.3, -0.25) is 9.48 Å². The van der Waals surface area contributed by atoms with Crippen LogP contribution >= 0.6 is 0 Å². The second-order valence-electron chi connectivity index (χ2n) is 4.14. The van der Waals surface area contributed by atoms with Crippen LogP contribution in [-0.4, -0.2) is 45.9 Å². The number of aliphatic hydroxyl groups is 1. The molecule has 1 fully saturated rings. The molecule has 0 aromatic carbocycles. The number of nitrogens with zero attached hydrogens (tertiary/aromatic N) is 3. The van der Waals surface area contributed by atoms with E-state index < -0.39 is 0 Å². The summed E-state index contributed by atoms with van der Waals surface area (Å²) in [5, 5.41) is 13.4. The second-order valence-corrected chi connectivity index (χ2v) is 4.14. The van der Waals surface area contributed by atoms with Gasteiger partial charge in [-0.25, -0.2) is 0 Å². The van der Waals surface area contributed by atoms with Crippen LogP contribution in [0.4, 0.5) is 0 Å². The van der Waals surface area contributed by atoms with Crippen molar-refractivity contribution in [2.24, 2.45) is 0 Å². The first-order chi connectivity index (χ1) is 7.09. The molecule has 1 aromatic rings. The van der Waals surface area contributed by atoms with E-state index >= 15 is 0 Å². The van der Waals surface area contributed by atoms with E-state index in [1.165, 1.54) is 4.90 Å². The topological polar surface area (TPSA) is 58.4 Å². The van der Waals surface area contributed by atoms with E-state index in [2.05, 4.69) is 5.10 Å². The van der Waals surface area contributed by atoms with Crippen molar-refractivity contribution in [3.05, 3.63) is 18.0 Å². The molecule has 0 radical (unpaired) electrons. The van der Waals surface area contributed by atoms with Crippen molar-refractivity contribution >= 4 is 5.91 Å². The van der Waals surface area contributed by atoms with Gasteiger partial charge >= 0.3 is 0 Å². The molecule has 15 heavy (non-hydrogen) atoms. The molecule has 5 nitrogen and oxygen atoms in total. The zero-order valence-corrected chi connectivity index (χ0v) is 8.92. The van der Waals surface area contributed by atoms with Crippen LogP contribution in [0.25, 0.3) is 0 Å². The molecule has 1 aromatic heterocycles. The van der Waals surface area contributed by atoms with Crippen molar-refractivity contribution < 1.29 is 9.90 Å². The summed E-state index contributed by atoms with van der Waals surface area (Å²) in [5.41, 5.74) is 0.594. The lowest BCUT2D eigenvalue weighted by molar-refractivity contribution is 0.0407. The maximum Gasteiger partial charge on any atom is 0.271 e. The van der Waals surface area contributed by atoms with Crippen molar-refractivity contribution in [1.29, 1.82) is 0 Å². The van der Waals surface area contributed by atoms with Gasteiger partial charge < -0.3 is 10.0 Å². The Balaban J connectivity index is 2.19. The predicted molar refractivity (Wildman–Crippen MR) is 54.5 cm³/mol. The van der Waals surface area contributed by atoms with Crippen molar-refractivity contribution in [3.63, 3.8) is 0 Å². The number of aliphatic hydroxyl groups excluding tert-OH is 1. The Bertz CT molecular complexity index is 366. The molecule has 1 aliphatic carbocycles. The molecule has 0 atom stereocenters. The zero-order valence-electron chi connectivity index (χ0n) is 8.92. The van der Waals surface area contributed by atoms with Crippen molar-refractivity contribution in [2.45, 2.75) is 25.0 Å². The standard InChI is InChI=1S/C10H15N3O2/c1-12(2)10(15)9-3-4-11-13(9)7-5-8(14)6-7/h3-4,7-8,14H,5-6H2,1-2H3/t7-,8-. The average molecular weight is 209 g/mol. The minimum Gasteiger partial charge on any atom is -0.393 e. The Morgan fingerprint density at radius 2 is 2.27 bits per heavy atom. The molecule has 0 spiro atoms. The maximum atomic E-state index is 11.8. The van der Waals surface area contributed by atoms with E-state index in [4.69, 9.17) is 0 Å². The number of amides is 1. The Kier molecular flexibility index (Phi) is 2.48. The van der Waals surface area contributed by atoms with Gasteiger partial charge in [-0.2, -0.15) is 5.10 Å². The highest BCUT2D eigenvalue weighted by Gasteiger charge is 2.31. The van der Waals surface area contributed by atoms with Gasteiger partial charge in [-0.1, -0.05) is 0 Å². The zero-order chi connectivity index (χ0) is 11.0. The van der Waals surface area contributed by atoms with Gasteiger partial charge in [0.25, 0.3) is 5.91 Å². The molecular weight excluding hydrogens is 194 g/mol. The number of hydrogen-bond donors (Lipinski definition) is 1. The molecule has 0 saturated heterocycles. The predicted octanol–water partition coefficient (Wildman–Crippen LogP) is 0.281. The van der Waals surface area contributed by atoms with Gasteiger partial charge in [0, 0.05) is 20.3 Å². The van der Waals surface area contributed by atoms with Crippen LogP contribution in [0.2, 0.25) is 0 Å². The number of rotatable bonds is 2. The van der Waals surface area contributed by atoms with E-state index in [1.54, 1.807) is 31.0 Å². The van der Waals surface area contributed by atoms with Gasteiger partial charge in [0.15, 0.2) is 0 Å². The average Bonchev–Trinajstić information content (AvgIpc) is 2.59. The third-order valence-corrected chi connectivity index (χ3v) is 2.73. The molecule has 5 heteroatoms. The molecule has 0 aliphatic heterocycles. The van der Waals surface area contributed by atoms with Gasteiger partial charge in [0.05, 0.1) is 12.1 Å². The smallest absolute Gasteiger partial charge is 0.271 e. The molecule has 2 rings (SSSR count).